The lowest BCUT2D eigenvalue weighted by Gasteiger charge is -1.94. The molecule has 5 heteroatoms. The maximum atomic E-state index is 12.7. The Hall–Kier alpha value is -2.35. The van der Waals surface area contributed by atoms with E-state index in [9.17, 15) is 4.39 Å². The summed E-state index contributed by atoms with van der Waals surface area (Å²) in [5.41, 5.74) is 6.74. The van der Waals surface area contributed by atoms with Crippen LogP contribution in [0, 0.1) is 17.3 Å². The number of halogens is 1. The quantitative estimate of drug-likeness (QED) is 0.763. The largest absolute Gasteiger partial charge is 0.368 e. The molecule has 2 rings (SSSR count). The molecular formula is C10H7FN4. The summed E-state index contributed by atoms with van der Waals surface area (Å²) in [6.45, 7) is 0. The SMILES string of the molecule is N#Cn1cc(-c2ccc(F)cc2)nc1N. The third-order valence-electron chi connectivity index (χ3n) is 1.98. The first-order chi connectivity index (χ1) is 7.20. The van der Waals surface area contributed by atoms with Gasteiger partial charge in [-0.1, -0.05) is 0 Å². The highest BCUT2D eigenvalue weighted by Gasteiger charge is 2.06. The van der Waals surface area contributed by atoms with E-state index < -0.39 is 0 Å². The number of nitriles is 1. The number of anilines is 1. The first kappa shape index (κ1) is 9.21. The summed E-state index contributed by atoms with van der Waals surface area (Å²) in [6.07, 6.45) is 3.35. The predicted molar refractivity (Wildman–Crippen MR) is 53.0 cm³/mol. The molecule has 1 aromatic carbocycles. The second-order valence-electron chi connectivity index (χ2n) is 2.96. The standard InChI is InChI=1S/C10H7FN4/c11-8-3-1-7(2-4-8)9-5-15(6-12)10(13)14-9/h1-5H,(H2,13,14). The zero-order valence-electron chi connectivity index (χ0n) is 7.68. The van der Waals surface area contributed by atoms with Crippen molar-refractivity contribution in [3.63, 3.8) is 0 Å². The van der Waals surface area contributed by atoms with Crippen LogP contribution in [-0.2, 0) is 0 Å². The number of aromatic nitrogens is 2. The molecule has 4 nitrogen and oxygen atoms in total. The predicted octanol–water partition coefficient (Wildman–Crippen LogP) is 1.60. The van der Waals surface area contributed by atoms with Gasteiger partial charge in [-0.25, -0.2) is 13.9 Å². The minimum absolute atomic E-state index is 0.122. The average Bonchev–Trinajstić information content (AvgIpc) is 2.61. The van der Waals surface area contributed by atoms with E-state index >= 15 is 0 Å². The smallest absolute Gasteiger partial charge is 0.214 e. The number of nitrogens with zero attached hydrogens (tertiary/aromatic N) is 3. The molecule has 0 radical (unpaired) electrons. The van der Waals surface area contributed by atoms with Crippen LogP contribution in [0.2, 0.25) is 0 Å². The van der Waals surface area contributed by atoms with Crippen molar-refractivity contribution in [3.05, 3.63) is 36.3 Å². The van der Waals surface area contributed by atoms with Crippen molar-refractivity contribution in [1.29, 1.82) is 5.26 Å². The van der Waals surface area contributed by atoms with Crippen LogP contribution in [0.3, 0.4) is 0 Å². The Kier molecular flexibility index (Phi) is 2.10. The van der Waals surface area contributed by atoms with E-state index in [2.05, 4.69) is 4.98 Å². The van der Waals surface area contributed by atoms with E-state index in [-0.39, 0.29) is 11.8 Å². The summed E-state index contributed by atoms with van der Waals surface area (Å²) in [7, 11) is 0. The first-order valence-electron chi connectivity index (χ1n) is 4.21. The normalized spacial score (nSPS) is 9.87. The molecule has 0 atom stereocenters. The van der Waals surface area contributed by atoms with Gasteiger partial charge in [0.1, 0.15) is 5.82 Å². The summed E-state index contributed by atoms with van der Waals surface area (Å²) >= 11 is 0. The van der Waals surface area contributed by atoms with E-state index in [4.69, 9.17) is 11.0 Å². The van der Waals surface area contributed by atoms with E-state index in [0.717, 1.165) is 10.1 Å². The van der Waals surface area contributed by atoms with Gasteiger partial charge < -0.3 is 5.73 Å². The lowest BCUT2D eigenvalue weighted by atomic mass is 10.2. The number of rotatable bonds is 1. The Morgan fingerprint density at radius 1 is 1.33 bits per heavy atom. The maximum absolute atomic E-state index is 12.7. The van der Waals surface area contributed by atoms with Crippen LogP contribution in [0.4, 0.5) is 10.3 Å². The van der Waals surface area contributed by atoms with Crippen LogP contribution < -0.4 is 5.73 Å². The van der Waals surface area contributed by atoms with Gasteiger partial charge in [-0.05, 0) is 24.3 Å². The van der Waals surface area contributed by atoms with Crippen molar-refractivity contribution in [1.82, 2.24) is 9.55 Å². The van der Waals surface area contributed by atoms with Gasteiger partial charge in [-0.2, -0.15) is 5.26 Å². The molecule has 0 aliphatic heterocycles. The molecule has 1 heterocycles. The zero-order chi connectivity index (χ0) is 10.8. The molecule has 0 saturated heterocycles. The first-order valence-corrected chi connectivity index (χ1v) is 4.21. The Morgan fingerprint density at radius 2 is 2.00 bits per heavy atom. The molecule has 0 bridgehead atoms. The van der Waals surface area contributed by atoms with E-state index in [1.807, 2.05) is 6.19 Å². The van der Waals surface area contributed by atoms with Gasteiger partial charge in [-0.3, -0.25) is 0 Å². The van der Waals surface area contributed by atoms with Gasteiger partial charge in [-0.15, -0.1) is 0 Å². The highest BCUT2D eigenvalue weighted by atomic mass is 19.1. The summed E-state index contributed by atoms with van der Waals surface area (Å²) in [5.74, 6) is -0.191. The van der Waals surface area contributed by atoms with Crippen LogP contribution >= 0.6 is 0 Å². The fraction of sp³-hybridized carbons (Fsp3) is 0. The van der Waals surface area contributed by atoms with Crippen LogP contribution in [0.5, 0.6) is 0 Å². The second kappa shape index (κ2) is 3.42. The summed E-state index contributed by atoms with van der Waals surface area (Å²) in [6, 6.07) is 5.82. The summed E-state index contributed by atoms with van der Waals surface area (Å²) in [5, 5.41) is 8.66. The Labute approximate surface area is 85.4 Å². The minimum atomic E-state index is -0.313. The Balaban J connectivity index is 2.46. The van der Waals surface area contributed by atoms with Gasteiger partial charge in [0.05, 0.1) is 5.69 Å². The lowest BCUT2D eigenvalue weighted by molar-refractivity contribution is 0.628. The van der Waals surface area contributed by atoms with E-state index in [1.54, 1.807) is 12.1 Å². The number of hydrogen-bond acceptors (Lipinski definition) is 3. The molecule has 0 amide bonds. The van der Waals surface area contributed by atoms with Gasteiger partial charge in [0.25, 0.3) is 0 Å². The van der Waals surface area contributed by atoms with Crippen LogP contribution in [0.15, 0.2) is 30.5 Å². The molecule has 0 fully saturated rings. The molecule has 74 valence electrons. The van der Waals surface area contributed by atoms with Crippen LogP contribution in [0.1, 0.15) is 0 Å². The Bertz CT molecular complexity index is 521. The number of hydrogen-bond donors (Lipinski definition) is 1. The number of nitrogens with two attached hydrogens (primary N) is 1. The highest BCUT2D eigenvalue weighted by molar-refractivity contribution is 5.60. The third-order valence-corrected chi connectivity index (χ3v) is 1.98. The fourth-order valence-corrected chi connectivity index (χ4v) is 1.23. The van der Waals surface area contributed by atoms with Gasteiger partial charge >= 0.3 is 0 Å². The Morgan fingerprint density at radius 3 is 2.53 bits per heavy atom. The average molecular weight is 202 g/mol. The van der Waals surface area contributed by atoms with Crippen molar-refractivity contribution in [2.75, 3.05) is 5.73 Å². The van der Waals surface area contributed by atoms with Crippen molar-refractivity contribution >= 4 is 5.95 Å². The van der Waals surface area contributed by atoms with Crippen LogP contribution in [0.25, 0.3) is 11.3 Å². The summed E-state index contributed by atoms with van der Waals surface area (Å²) in [4.78, 5) is 3.98. The van der Waals surface area contributed by atoms with Crippen molar-refractivity contribution in [2.24, 2.45) is 0 Å². The van der Waals surface area contributed by atoms with Crippen molar-refractivity contribution in [2.45, 2.75) is 0 Å². The lowest BCUT2D eigenvalue weighted by Crippen LogP contribution is -1.94. The van der Waals surface area contributed by atoms with Crippen molar-refractivity contribution < 1.29 is 4.39 Å². The minimum Gasteiger partial charge on any atom is -0.368 e. The summed E-state index contributed by atoms with van der Waals surface area (Å²) < 4.78 is 13.8. The zero-order valence-corrected chi connectivity index (χ0v) is 7.68. The van der Waals surface area contributed by atoms with Gasteiger partial charge in [0.2, 0.25) is 5.95 Å². The topological polar surface area (TPSA) is 67.6 Å². The molecule has 1 aromatic heterocycles. The highest BCUT2D eigenvalue weighted by Crippen LogP contribution is 2.19. The van der Waals surface area contributed by atoms with Crippen molar-refractivity contribution in [3.8, 4) is 17.5 Å². The number of benzene rings is 1. The van der Waals surface area contributed by atoms with Gasteiger partial charge in [0, 0.05) is 11.8 Å². The molecular weight excluding hydrogens is 195 g/mol. The molecule has 15 heavy (non-hydrogen) atoms. The third kappa shape index (κ3) is 1.65. The molecule has 0 aliphatic carbocycles. The monoisotopic (exact) mass is 202 g/mol. The molecule has 0 saturated carbocycles. The molecule has 0 unspecified atom stereocenters. The molecule has 2 N–H and O–H groups in total. The molecule has 2 aromatic rings. The second-order valence-corrected chi connectivity index (χ2v) is 2.96. The molecule has 0 spiro atoms. The fourth-order valence-electron chi connectivity index (χ4n) is 1.23. The van der Waals surface area contributed by atoms with Gasteiger partial charge in [0.15, 0.2) is 6.19 Å². The van der Waals surface area contributed by atoms with Crippen LogP contribution in [-0.4, -0.2) is 9.55 Å². The van der Waals surface area contributed by atoms with E-state index in [0.29, 0.717) is 5.69 Å². The van der Waals surface area contributed by atoms with E-state index in [1.165, 1.54) is 18.3 Å². The number of nitrogen functional groups attached to an aromatic ring is 1. The maximum Gasteiger partial charge on any atom is 0.214 e. The molecule has 0 aliphatic rings. The number of imidazole rings is 1.